The molecule has 0 aromatic carbocycles. The van der Waals surface area contributed by atoms with Gasteiger partial charge in [-0.1, -0.05) is 23.8 Å². The molecule has 1 aliphatic heterocycles. The van der Waals surface area contributed by atoms with Gasteiger partial charge in [0.1, 0.15) is 11.0 Å². The second kappa shape index (κ2) is 7.64. The lowest BCUT2D eigenvalue weighted by atomic mass is 10.1. The zero-order valence-corrected chi connectivity index (χ0v) is 17.2. The minimum absolute atomic E-state index is 0.135. The van der Waals surface area contributed by atoms with Gasteiger partial charge in [-0.15, -0.1) is 0 Å². The molecule has 0 atom stereocenters. The van der Waals surface area contributed by atoms with E-state index in [-0.39, 0.29) is 5.91 Å². The van der Waals surface area contributed by atoms with Crippen molar-refractivity contribution in [2.24, 2.45) is 0 Å². The van der Waals surface area contributed by atoms with Crippen molar-refractivity contribution in [3.05, 3.63) is 70.3 Å². The Balaban J connectivity index is 1.79. The molecule has 146 valence electrons. The molecule has 1 aliphatic rings. The molecule has 0 saturated heterocycles. The highest BCUT2D eigenvalue weighted by molar-refractivity contribution is 6.29. The number of rotatable bonds is 3. The molecule has 0 unspecified atom stereocenters. The molecule has 0 aliphatic carbocycles. The number of anilines is 3. The van der Waals surface area contributed by atoms with Crippen LogP contribution < -0.4 is 9.80 Å². The molecule has 0 radical (unpaired) electrons. The summed E-state index contributed by atoms with van der Waals surface area (Å²) in [7, 11) is 1.74. The van der Waals surface area contributed by atoms with Gasteiger partial charge in [0, 0.05) is 31.7 Å². The molecule has 3 aromatic heterocycles. The number of nitrogens with zero attached hydrogens (tertiary/aromatic N) is 5. The minimum atomic E-state index is -0.135. The topological polar surface area (TPSA) is 62.2 Å². The Morgan fingerprint density at radius 1 is 1.07 bits per heavy atom. The van der Waals surface area contributed by atoms with Crippen LogP contribution in [0.25, 0.3) is 12.2 Å². The van der Waals surface area contributed by atoms with E-state index in [0.717, 1.165) is 16.8 Å². The number of aromatic nitrogens is 3. The molecule has 0 fully saturated rings. The number of fused-ring (bicyclic) bond motifs is 2. The summed E-state index contributed by atoms with van der Waals surface area (Å²) in [5, 5.41) is 0.374. The Bertz CT molecular complexity index is 1130. The first-order valence-corrected chi connectivity index (χ1v) is 9.68. The quantitative estimate of drug-likeness (QED) is 0.588. The van der Waals surface area contributed by atoms with Gasteiger partial charge in [0.25, 0.3) is 5.91 Å². The number of amides is 1. The largest absolute Gasteiger partial charge is 0.309 e. The van der Waals surface area contributed by atoms with Gasteiger partial charge in [0.2, 0.25) is 0 Å². The Labute approximate surface area is 174 Å². The van der Waals surface area contributed by atoms with Crippen LogP contribution in [-0.2, 0) is 0 Å². The molecular formula is C22H20ClN5O. The van der Waals surface area contributed by atoms with Crippen LogP contribution >= 0.6 is 11.6 Å². The van der Waals surface area contributed by atoms with E-state index in [1.807, 2.05) is 55.2 Å². The van der Waals surface area contributed by atoms with Gasteiger partial charge in [-0.25, -0.2) is 9.97 Å². The van der Waals surface area contributed by atoms with Gasteiger partial charge >= 0.3 is 0 Å². The van der Waals surface area contributed by atoms with Crippen molar-refractivity contribution in [1.29, 1.82) is 0 Å². The fraction of sp³-hybridized carbons (Fsp3) is 0.182. The maximum Gasteiger partial charge on any atom is 0.261 e. The smallest absolute Gasteiger partial charge is 0.261 e. The lowest BCUT2D eigenvalue weighted by molar-refractivity contribution is 0.0994. The number of halogens is 1. The van der Waals surface area contributed by atoms with E-state index >= 15 is 0 Å². The maximum atomic E-state index is 13.2. The van der Waals surface area contributed by atoms with Crippen LogP contribution in [0.15, 0.2) is 42.7 Å². The van der Waals surface area contributed by atoms with Gasteiger partial charge in [0.05, 0.1) is 11.3 Å². The summed E-state index contributed by atoms with van der Waals surface area (Å²) < 4.78 is 0. The first-order chi connectivity index (χ1) is 14.0. The van der Waals surface area contributed by atoms with Crippen molar-refractivity contribution in [2.75, 3.05) is 23.4 Å². The Hall–Kier alpha value is -3.25. The number of carbonyl (C=O) groups is 1. The monoisotopic (exact) mass is 405 g/mol. The predicted molar refractivity (Wildman–Crippen MR) is 117 cm³/mol. The third-order valence-electron chi connectivity index (χ3n) is 4.82. The number of hydrogen-bond acceptors (Lipinski definition) is 5. The van der Waals surface area contributed by atoms with Crippen LogP contribution in [0.4, 0.5) is 17.3 Å². The summed E-state index contributed by atoms with van der Waals surface area (Å²) in [4.78, 5) is 30.0. The second-order valence-electron chi connectivity index (χ2n) is 6.79. The Morgan fingerprint density at radius 2 is 1.86 bits per heavy atom. The van der Waals surface area contributed by atoms with E-state index in [0.29, 0.717) is 34.6 Å². The van der Waals surface area contributed by atoms with Crippen LogP contribution in [0.5, 0.6) is 0 Å². The van der Waals surface area contributed by atoms with Crippen molar-refractivity contribution in [3.63, 3.8) is 0 Å². The van der Waals surface area contributed by atoms with Crippen LogP contribution in [0.1, 0.15) is 34.1 Å². The summed E-state index contributed by atoms with van der Waals surface area (Å²) in [5.74, 6) is 1.07. The highest BCUT2D eigenvalue weighted by Crippen LogP contribution is 2.38. The van der Waals surface area contributed by atoms with E-state index in [1.54, 1.807) is 30.4 Å². The van der Waals surface area contributed by atoms with Crippen molar-refractivity contribution in [3.8, 4) is 0 Å². The third kappa shape index (κ3) is 3.59. The SMILES string of the molecule is CCN1c2ncc(/C=C/c3ccnc(C)c3)cc2C(=O)N(C)c2ccc(Cl)nc21. The predicted octanol–water partition coefficient (Wildman–Crippen LogP) is 4.75. The second-order valence-corrected chi connectivity index (χ2v) is 7.18. The molecule has 29 heavy (non-hydrogen) atoms. The third-order valence-corrected chi connectivity index (χ3v) is 5.03. The normalized spacial score (nSPS) is 13.4. The molecule has 3 aromatic rings. The van der Waals surface area contributed by atoms with Crippen LogP contribution in [0.2, 0.25) is 5.15 Å². The van der Waals surface area contributed by atoms with Crippen LogP contribution in [-0.4, -0.2) is 34.5 Å². The van der Waals surface area contributed by atoms with Gasteiger partial charge in [-0.3, -0.25) is 9.78 Å². The molecule has 6 nitrogen and oxygen atoms in total. The Kier molecular flexibility index (Phi) is 5.03. The average Bonchev–Trinajstić information content (AvgIpc) is 2.80. The molecule has 7 heteroatoms. The van der Waals surface area contributed by atoms with Gasteiger partial charge in [-0.2, -0.15) is 0 Å². The van der Waals surface area contributed by atoms with Crippen molar-refractivity contribution in [2.45, 2.75) is 13.8 Å². The summed E-state index contributed by atoms with van der Waals surface area (Å²) in [5.41, 5.74) is 4.05. The molecule has 0 spiro atoms. The van der Waals surface area contributed by atoms with E-state index in [4.69, 9.17) is 11.6 Å². The van der Waals surface area contributed by atoms with E-state index < -0.39 is 0 Å². The standard InChI is InChI=1S/C22H20ClN5O/c1-4-28-20-17(22(29)27(3)18-7-8-19(23)26-21(18)28)12-16(13-25-20)6-5-15-9-10-24-14(2)11-15/h5-13H,4H2,1-3H3/b6-5+. The van der Waals surface area contributed by atoms with E-state index in [9.17, 15) is 4.79 Å². The highest BCUT2D eigenvalue weighted by atomic mass is 35.5. The first kappa shape index (κ1) is 19.1. The van der Waals surface area contributed by atoms with Crippen molar-refractivity contribution >= 4 is 47.0 Å². The number of carbonyl (C=O) groups excluding carboxylic acids is 1. The zero-order chi connectivity index (χ0) is 20.5. The van der Waals surface area contributed by atoms with Crippen molar-refractivity contribution < 1.29 is 4.79 Å². The minimum Gasteiger partial charge on any atom is -0.309 e. The summed E-state index contributed by atoms with van der Waals surface area (Å²) in [6, 6.07) is 9.29. The summed E-state index contributed by atoms with van der Waals surface area (Å²) in [6.45, 7) is 4.55. The average molecular weight is 406 g/mol. The molecule has 0 saturated carbocycles. The Morgan fingerprint density at radius 3 is 2.62 bits per heavy atom. The number of hydrogen-bond donors (Lipinski definition) is 0. The molecule has 0 bridgehead atoms. The van der Waals surface area contributed by atoms with Crippen LogP contribution in [0, 0.1) is 6.92 Å². The molecule has 0 N–H and O–H groups in total. The lowest BCUT2D eigenvalue weighted by Crippen LogP contribution is -2.25. The number of pyridine rings is 3. The first-order valence-electron chi connectivity index (χ1n) is 9.31. The molecule has 4 heterocycles. The van der Waals surface area contributed by atoms with Gasteiger partial charge in [0.15, 0.2) is 5.82 Å². The fourth-order valence-electron chi connectivity index (χ4n) is 3.37. The number of aryl methyl sites for hydroxylation is 1. The van der Waals surface area contributed by atoms with E-state index in [1.165, 1.54) is 0 Å². The molecular weight excluding hydrogens is 386 g/mol. The summed E-state index contributed by atoms with van der Waals surface area (Å²) in [6.07, 6.45) is 7.46. The lowest BCUT2D eigenvalue weighted by Gasteiger charge is -2.22. The fourth-order valence-corrected chi connectivity index (χ4v) is 3.51. The summed E-state index contributed by atoms with van der Waals surface area (Å²) >= 11 is 6.12. The maximum absolute atomic E-state index is 13.2. The molecule has 4 rings (SSSR count). The highest BCUT2D eigenvalue weighted by Gasteiger charge is 2.30. The van der Waals surface area contributed by atoms with Gasteiger partial charge in [-0.05, 0) is 55.3 Å². The zero-order valence-electron chi connectivity index (χ0n) is 16.4. The van der Waals surface area contributed by atoms with Crippen LogP contribution in [0.3, 0.4) is 0 Å². The van der Waals surface area contributed by atoms with Crippen molar-refractivity contribution in [1.82, 2.24) is 15.0 Å². The van der Waals surface area contributed by atoms with E-state index in [2.05, 4.69) is 15.0 Å². The van der Waals surface area contributed by atoms with Gasteiger partial charge < -0.3 is 9.80 Å². The molecule has 1 amide bonds.